The molecule has 2 aromatic rings. The molecule has 1 heterocycles. The van der Waals surface area contributed by atoms with Crippen LogP contribution in [0, 0.1) is 30.4 Å². The number of thiophene rings is 1. The number of carbonyl (C=O) groups excluding carboxylic acids is 1. The van der Waals surface area contributed by atoms with Gasteiger partial charge in [-0.25, -0.2) is 8.78 Å². The van der Waals surface area contributed by atoms with E-state index in [1.54, 1.807) is 6.07 Å². The molecule has 2 rings (SSSR count). The normalized spacial score (nSPS) is 9.77. The number of hydrogen-bond donors (Lipinski definition) is 1. The van der Waals surface area contributed by atoms with Gasteiger partial charge in [0, 0.05) is 6.07 Å². The standard InChI is InChI=1S/C16H13F2NO2S/c1-11-8-15(22-10-11)16(20)19-6-2-3-7-21-14-5-4-12(17)9-13(14)18/h4-5,8-10H,6-7H2,1H3,(H,19,20). The Labute approximate surface area is 130 Å². The average Bonchev–Trinajstić information content (AvgIpc) is 2.91. The Morgan fingerprint density at radius 1 is 1.32 bits per heavy atom. The Bertz CT molecular complexity index is 731. The fourth-order valence-electron chi connectivity index (χ4n) is 1.58. The van der Waals surface area contributed by atoms with E-state index in [0.29, 0.717) is 4.88 Å². The zero-order chi connectivity index (χ0) is 15.9. The van der Waals surface area contributed by atoms with Crippen LogP contribution in [-0.2, 0) is 0 Å². The van der Waals surface area contributed by atoms with Crippen LogP contribution in [0.15, 0.2) is 29.6 Å². The molecule has 1 amide bonds. The quantitative estimate of drug-likeness (QED) is 0.879. The summed E-state index contributed by atoms with van der Waals surface area (Å²) in [6.45, 7) is 2.04. The van der Waals surface area contributed by atoms with Gasteiger partial charge in [-0.05, 0) is 36.1 Å². The average molecular weight is 321 g/mol. The minimum Gasteiger partial charge on any atom is -0.478 e. The third kappa shape index (κ3) is 4.57. The SMILES string of the molecule is Cc1csc(C(=O)NCC#CCOc2ccc(F)cc2F)c1. The van der Waals surface area contributed by atoms with Gasteiger partial charge in [0.25, 0.3) is 5.91 Å². The Morgan fingerprint density at radius 3 is 2.82 bits per heavy atom. The summed E-state index contributed by atoms with van der Waals surface area (Å²) >= 11 is 1.37. The van der Waals surface area contributed by atoms with Gasteiger partial charge in [-0.15, -0.1) is 11.3 Å². The van der Waals surface area contributed by atoms with Crippen molar-refractivity contribution in [2.75, 3.05) is 13.2 Å². The summed E-state index contributed by atoms with van der Waals surface area (Å²) in [7, 11) is 0. The molecule has 22 heavy (non-hydrogen) atoms. The van der Waals surface area contributed by atoms with Crippen molar-refractivity contribution >= 4 is 17.2 Å². The molecule has 0 saturated carbocycles. The van der Waals surface area contributed by atoms with Crippen molar-refractivity contribution in [2.45, 2.75) is 6.92 Å². The van der Waals surface area contributed by atoms with Crippen molar-refractivity contribution in [1.29, 1.82) is 0 Å². The lowest BCUT2D eigenvalue weighted by molar-refractivity contribution is 0.0962. The molecule has 0 fully saturated rings. The van der Waals surface area contributed by atoms with Crippen molar-refractivity contribution in [1.82, 2.24) is 5.32 Å². The highest BCUT2D eigenvalue weighted by Crippen LogP contribution is 2.17. The van der Waals surface area contributed by atoms with Crippen LogP contribution in [0.4, 0.5) is 8.78 Å². The Morgan fingerprint density at radius 2 is 2.14 bits per heavy atom. The lowest BCUT2D eigenvalue weighted by Crippen LogP contribution is -2.22. The van der Waals surface area contributed by atoms with E-state index in [-0.39, 0.29) is 24.8 Å². The molecule has 1 aromatic heterocycles. The minimum atomic E-state index is -0.775. The van der Waals surface area contributed by atoms with Gasteiger partial charge in [0.1, 0.15) is 12.4 Å². The molecule has 1 aromatic carbocycles. The lowest BCUT2D eigenvalue weighted by Gasteiger charge is -2.02. The summed E-state index contributed by atoms with van der Waals surface area (Å²) in [5.74, 6) is 3.66. The van der Waals surface area contributed by atoms with E-state index in [9.17, 15) is 13.6 Å². The van der Waals surface area contributed by atoms with Gasteiger partial charge in [0.15, 0.2) is 11.6 Å². The molecular formula is C16H13F2NO2S. The maximum Gasteiger partial charge on any atom is 0.262 e. The molecule has 0 unspecified atom stereocenters. The van der Waals surface area contributed by atoms with E-state index in [4.69, 9.17) is 4.74 Å². The topological polar surface area (TPSA) is 38.3 Å². The second-order valence-electron chi connectivity index (χ2n) is 4.39. The highest BCUT2D eigenvalue weighted by molar-refractivity contribution is 7.12. The predicted octanol–water partition coefficient (Wildman–Crippen LogP) is 3.15. The van der Waals surface area contributed by atoms with E-state index in [1.165, 1.54) is 17.4 Å². The molecule has 0 saturated heterocycles. The van der Waals surface area contributed by atoms with Gasteiger partial charge >= 0.3 is 0 Å². The van der Waals surface area contributed by atoms with Crippen LogP contribution in [-0.4, -0.2) is 19.1 Å². The number of amides is 1. The molecule has 0 aliphatic heterocycles. The number of aryl methyl sites for hydroxylation is 1. The Kier molecular flexibility index (Phi) is 5.50. The zero-order valence-electron chi connectivity index (χ0n) is 11.8. The molecule has 0 atom stereocenters. The minimum absolute atomic E-state index is 0.0451. The molecule has 6 heteroatoms. The smallest absolute Gasteiger partial charge is 0.262 e. The molecule has 0 aliphatic rings. The molecule has 1 N–H and O–H groups in total. The van der Waals surface area contributed by atoms with Crippen LogP contribution < -0.4 is 10.1 Å². The summed E-state index contributed by atoms with van der Waals surface area (Å²) in [6, 6.07) is 4.85. The first kappa shape index (κ1) is 16.0. The molecule has 0 bridgehead atoms. The molecular weight excluding hydrogens is 308 g/mol. The van der Waals surface area contributed by atoms with Gasteiger partial charge in [-0.2, -0.15) is 0 Å². The van der Waals surface area contributed by atoms with Crippen molar-refractivity contribution in [3.63, 3.8) is 0 Å². The van der Waals surface area contributed by atoms with Crippen molar-refractivity contribution < 1.29 is 18.3 Å². The number of nitrogens with one attached hydrogen (secondary N) is 1. The van der Waals surface area contributed by atoms with Crippen molar-refractivity contribution in [3.05, 3.63) is 51.7 Å². The number of rotatable bonds is 4. The first-order valence-electron chi connectivity index (χ1n) is 6.43. The summed E-state index contributed by atoms with van der Waals surface area (Å²) in [6.07, 6.45) is 0. The van der Waals surface area contributed by atoms with E-state index < -0.39 is 11.6 Å². The van der Waals surface area contributed by atoms with Crippen LogP contribution in [0.3, 0.4) is 0 Å². The van der Waals surface area contributed by atoms with Gasteiger partial charge in [-0.3, -0.25) is 4.79 Å². The maximum absolute atomic E-state index is 13.3. The first-order valence-corrected chi connectivity index (χ1v) is 7.31. The van der Waals surface area contributed by atoms with Crippen molar-refractivity contribution in [3.8, 4) is 17.6 Å². The van der Waals surface area contributed by atoms with Crippen LogP contribution in [0.1, 0.15) is 15.2 Å². The number of carbonyl (C=O) groups is 1. The summed E-state index contributed by atoms with van der Waals surface area (Å²) in [5, 5.41) is 4.54. The van der Waals surface area contributed by atoms with Crippen LogP contribution in [0.5, 0.6) is 5.75 Å². The first-order chi connectivity index (χ1) is 10.6. The van der Waals surface area contributed by atoms with Gasteiger partial charge < -0.3 is 10.1 Å². The molecule has 114 valence electrons. The molecule has 0 spiro atoms. The molecule has 0 aliphatic carbocycles. The highest BCUT2D eigenvalue weighted by Gasteiger charge is 2.06. The van der Waals surface area contributed by atoms with E-state index in [2.05, 4.69) is 17.2 Å². The van der Waals surface area contributed by atoms with Crippen LogP contribution in [0.2, 0.25) is 0 Å². The van der Waals surface area contributed by atoms with E-state index in [0.717, 1.165) is 17.7 Å². The lowest BCUT2D eigenvalue weighted by atomic mass is 10.3. The largest absolute Gasteiger partial charge is 0.478 e. The molecule has 3 nitrogen and oxygen atoms in total. The van der Waals surface area contributed by atoms with Crippen LogP contribution >= 0.6 is 11.3 Å². The Balaban J connectivity index is 1.74. The third-order valence-electron chi connectivity index (χ3n) is 2.61. The number of ether oxygens (including phenoxy) is 1. The third-order valence-corrected chi connectivity index (χ3v) is 3.66. The number of halogens is 2. The fourth-order valence-corrected chi connectivity index (χ4v) is 2.40. The number of benzene rings is 1. The summed E-state index contributed by atoms with van der Waals surface area (Å²) in [5.41, 5.74) is 1.04. The highest BCUT2D eigenvalue weighted by atomic mass is 32.1. The second kappa shape index (κ2) is 7.57. The Hall–Kier alpha value is -2.39. The zero-order valence-corrected chi connectivity index (χ0v) is 12.6. The predicted molar refractivity (Wildman–Crippen MR) is 81.0 cm³/mol. The van der Waals surface area contributed by atoms with E-state index in [1.807, 2.05) is 12.3 Å². The second-order valence-corrected chi connectivity index (χ2v) is 5.30. The van der Waals surface area contributed by atoms with Gasteiger partial charge in [-0.1, -0.05) is 11.8 Å². The number of hydrogen-bond acceptors (Lipinski definition) is 3. The summed E-state index contributed by atoms with van der Waals surface area (Å²) < 4.78 is 31.0. The summed E-state index contributed by atoms with van der Waals surface area (Å²) in [4.78, 5) is 12.3. The van der Waals surface area contributed by atoms with E-state index >= 15 is 0 Å². The molecule has 0 radical (unpaired) electrons. The van der Waals surface area contributed by atoms with Crippen molar-refractivity contribution in [2.24, 2.45) is 0 Å². The van der Waals surface area contributed by atoms with Crippen LogP contribution in [0.25, 0.3) is 0 Å². The maximum atomic E-state index is 13.3. The van der Waals surface area contributed by atoms with Gasteiger partial charge in [0.2, 0.25) is 0 Å². The van der Waals surface area contributed by atoms with Gasteiger partial charge in [0.05, 0.1) is 11.4 Å². The fraction of sp³-hybridized carbons (Fsp3) is 0.188. The monoisotopic (exact) mass is 321 g/mol.